The number of halogens is 5. The van der Waals surface area contributed by atoms with E-state index in [1.165, 1.54) is 17.0 Å². The molecule has 0 radical (unpaired) electrons. The quantitative estimate of drug-likeness (QED) is 0.548. The molecule has 7 nitrogen and oxygen atoms in total. The molecule has 1 fully saturated rings. The molecule has 0 bridgehead atoms. The number of piperidine rings is 1. The maximum absolute atomic E-state index is 14.8. The minimum atomic E-state index is -4.88. The molecule has 2 N–H and O–H groups in total. The highest BCUT2D eigenvalue weighted by Gasteiger charge is 2.38. The van der Waals surface area contributed by atoms with Crippen molar-refractivity contribution in [2.75, 3.05) is 18.0 Å². The Hall–Kier alpha value is -3.18. The molecule has 1 saturated heterocycles. The lowest BCUT2D eigenvalue weighted by molar-refractivity contribution is -0.146. The minimum Gasteiger partial charge on any atom is -0.481 e. The fraction of sp³-hybridized carbons (Fsp3) is 0.286. The normalized spacial score (nSPS) is 19.2. The number of fused-ring (bicyclic) bond motifs is 1. The molecule has 174 valence electrons. The first-order chi connectivity index (χ1) is 15.5. The van der Waals surface area contributed by atoms with Crippen molar-refractivity contribution in [2.45, 2.75) is 18.7 Å². The maximum Gasteiger partial charge on any atom is 0.417 e. The highest BCUT2D eigenvalue weighted by molar-refractivity contribution is 6.34. The Morgan fingerprint density at radius 1 is 1.15 bits per heavy atom. The zero-order chi connectivity index (χ0) is 24.1. The van der Waals surface area contributed by atoms with Crippen molar-refractivity contribution in [1.82, 2.24) is 9.78 Å². The van der Waals surface area contributed by atoms with Gasteiger partial charge in [0.1, 0.15) is 5.82 Å². The molecular formula is C21H16ClF4N3O4. The average Bonchev–Trinajstić information content (AvgIpc) is 3.13. The molecule has 3 aromatic rings. The van der Waals surface area contributed by atoms with Gasteiger partial charge in [-0.2, -0.15) is 17.9 Å². The van der Waals surface area contributed by atoms with E-state index in [1.54, 1.807) is 0 Å². The highest BCUT2D eigenvalue weighted by Crippen LogP contribution is 2.37. The van der Waals surface area contributed by atoms with Crippen molar-refractivity contribution >= 4 is 40.2 Å². The predicted molar refractivity (Wildman–Crippen MR) is 110 cm³/mol. The van der Waals surface area contributed by atoms with Crippen LogP contribution in [0.25, 0.3) is 10.9 Å². The van der Waals surface area contributed by atoms with E-state index in [2.05, 4.69) is 5.10 Å². The van der Waals surface area contributed by atoms with E-state index < -0.39 is 52.0 Å². The van der Waals surface area contributed by atoms with Crippen LogP contribution < -0.4 is 4.90 Å². The number of aliphatic hydroxyl groups is 1. The summed E-state index contributed by atoms with van der Waals surface area (Å²) in [5.41, 5.74) is -2.20. The molecule has 0 spiro atoms. The Morgan fingerprint density at radius 2 is 1.85 bits per heavy atom. The van der Waals surface area contributed by atoms with Gasteiger partial charge in [0.05, 0.1) is 39.1 Å². The lowest BCUT2D eigenvalue weighted by atomic mass is 9.94. The fourth-order valence-corrected chi connectivity index (χ4v) is 4.24. The van der Waals surface area contributed by atoms with Crippen LogP contribution in [0.5, 0.6) is 0 Å². The highest BCUT2D eigenvalue weighted by atomic mass is 35.5. The van der Waals surface area contributed by atoms with Crippen LogP contribution in [0.3, 0.4) is 0 Å². The van der Waals surface area contributed by atoms with Crippen molar-refractivity contribution in [1.29, 1.82) is 0 Å². The topological polar surface area (TPSA) is 95.7 Å². The number of aliphatic carboxylic acids is 1. The predicted octanol–water partition coefficient (Wildman–Crippen LogP) is 3.81. The Balaban J connectivity index is 1.85. The standard InChI is InChI=1S/C21H16ClF4N3O4/c22-12-4-1-3-11(21(24,25)26)16(12)19(31)29-14-6-2-5-13(23)17(14)18(27-29)28-8-7-10(20(32)33)15(30)9-28/h1-6,10,15,30H,7-9H2,(H,32,33)/t10-,15+/m1/s1. The number of β-amino-alcohol motifs (C(OH)–C–C–N with tert-alkyl or cyclic N) is 1. The van der Waals surface area contributed by atoms with Gasteiger partial charge in [-0.3, -0.25) is 9.59 Å². The van der Waals surface area contributed by atoms with Crippen molar-refractivity contribution in [3.05, 3.63) is 58.4 Å². The summed E-state index contributed by atoms with van der Waals surface area (Å²) >= 11 is 5.95. The first-order valence-electron chi connectivity index (χ1n) is 9.74. The van der Waals surface area contributed by atoms with E-state index in [4.69, 9.17) is 11.6 Å². The third-order valence-corrected chi connectivity index (χ3v) is 5.88. The van der Waals surface area contributed by atoms with Crippen molar-refractivity contribution < 1.29 is 37.4 Å². The molecule has 1 aliphatic heterocycles. The third-order valence-electron chi connectivity index (χ3n) is 5.56. The van der Waals surface area contributed by atoms with Crippen LogP contribution in [0, 0.1) is 11.7 Å². The van der Waals surface area contributed by atoms with Crippen molar-refractivity contribution in [2.24, 2.45) is 5.92 Å². The van der Waals surface area contributed by atoms with E-state index in [9.17, 15) is 37.4 Å². The first-order valence-corrected chi connectivity index (χ1v) is 10.1. The zero-order valence-electron chi connectivity index (χ0n) is 16.7. The van der Waals surface area contributed by atoms with Crippen LogP contribution >= 0.6 is 11.6 Å². The van der Waals surface area contributed by atoms with Gasteiger partial charge in [-0.1, -0.05) is 23.7 Å². The van der Waals surface area contributed by atoms with E-state index >= 15 is 0 Å². The summed E-state index contributed by atoms with van der Waals surface area (Å²) in [5.74, 6) is -4.31. The monoisotopic (exact) mass is 485 g/mol. The van der Waals surface area contributed by atoms with Crippen molar-refractivity contribution in [3.63, 3.8) is 0 Å². The van der Waals surface area contributed by atoms with E-state index in [1.807, 2.05) is 0 Å². The van der Waals surface area contributed by atoms with Gasteiger partial charge in [0, 0.05) is 13.1 Å². The molecule has 33 heavy (non-hydrogen) atoms. The second-order valence-corrected chi connectivity index (χ2v) is 7.99. The van der Waals surface area contributed by atoms with Gasteiger partial charge in [-0.05, 0) is 30.7 Å². The lowest BCUT2D eigenvalue weighted by Crippen LogP contribution is -2.47. The number of carboxylic acid groups (broad SMARTS) is 1. The molecule has 1 aliphatic rings. The molecule has 12 heteroatoms. The van der Waals surface area contributed by atoms with Gasteiger partial charge in [-0.15, -0.1) is 5.10 Å². The summed E-state index contributed by atoms with van der Waals surface area (Å²) in [6, 6.07) is 6.58. The molecule has 4 rings (SSSR count). The third kappa shape index (κ3) is 4.02. The smallest absolute Gasteiger partial charge is 0.417 e. The second-order valence-electron chi connectivity index (χ2n) is 7.58. The summed E-state index contributed by atoms with van der Waals surface area (Å²) < 4.78 is 56.0. The Kier molecular flexibility index (Phi) is 5.79. The molecule has 2 heterocycles. The SMILES string of the molecule is O=C(O)[C@@H]1CCN(c2nn(C(=O)c3c(Cl)cccc3C(F)(F)F)c3cccc(F)c23)C[C@@H]1O. The first kappa shape index (κ1) is 23.0. The largest absolute Gasteiger partial charge is 0.481 e. The molecule has 0 aliphatic carbocycles. The number of rotatable bonds is 3. The summed E-state index contributed by atoms with van der Waals surface area (Å²) in [7, 11) is 0. The number of carboxylic acids is 1. The molecule has 2 aromatic carbocycles. The van der Waals surface area contributed by atoms with Gasteiger partial charge in [0.2, 0.25) is 0 Å². The number of carbonyl (C=O) groups excluding carboxylic acids is 1. The Labute approximate surface area is 188 Å². The second kappa shape index (κ2) is 8.31. The van der Waals surface area contributed by atoms with Gasteiger partial charge in [0.15, 0.2) is 5.82 Å². The van der Waals surface area contributed by atoms with Crippen LogP contribution in [0.1, 0.15) is 22.3 Å². The van der Waals surface area contributed by atoms with Crippen LogP contribution in [0.2, 0.25) is 5.02 Å². The van der Waals surface area contributed by atoms with Crippen LogP contribution in [0.4, 0.5) is 23.4 Å². The Morgan fingerprint density at radius 3 is 2.48 bits per heavy atom. The number of benzene rings is 2. The number of hydrogen-bond donors (Lipinski definition) is 2. The number of nitrogens with zero attached hydrogens (tertiary/aromatic N) is 3. The number of aromatic nitrogens is 2. The summed E-state index contributed by atoms with van der Waals surface area (Å²) in [4.78, 5) is 25.9. The minimum absolute atomic E-state index is 0.0238. The van der Waals surface area contributed by atoms with Gasteiger partial charge >= 0.3 is 12.1 Å². The van der Waals surface area contributed by atoms with Crippen LogP contribution in [0.15, 0.2) is 36.4 Å². The average molecular weight is 486 g/mol. The molecular weight excluding hydrogens is 470 g/mol. The van der Waals surface area contributed by atoms with E-state index in [0.717, 1.165) is 18.2 Å². The number of hydrogen-bond acceptors (Lipinski definition) is 5. The van der Waals surface area contributed by atoms with E-state index in [-0.39, 0.29) is 36.2 Å². The number of anilines is 1. The Bertz CT molecular complexity index is 1260. The fourth-order valence-electron chi connectivity index (χ4n) is 3.98. The molecule has 1 aromatic heterocycles. The summed E-state index contributed by atoms with van der Waals surface area (Å²) in [5, 5.41) is 22.9. The lowest BCUT2D eigenvalue weighted by Gasteiger charge is -2.34. The molecule has 0 unspecified atom stereocenters. The maximum atomic E-state index is 14.8. The van der Waals surface area contributed by atoms with Crippen molar-refractivity contribution in [3.8, 4) is 0 Å². The van der Waals surface area contributed by atoms with Gasteiger partial charge in [0.25, 0.3) is 5.91 Å². The summed E-state index contributed by atoms with van der Waals surface area (Å²) in [6.45, 7) is -0.145. The number of alkyl halides is 3. The molecule has 2 atom stereocenters. The van der Waals surface area contributed by atoms with Crippen LogP contribution in [-0.4, -0.2) is 51.1 Å². The van der Waals surface area contributed by atoms with Gasteiger partial charge < -0.3 is 15.1 Å². The molecule has 0 amide bonds. The van der Waals surface area contributed by atoms with Crippen LogP contribution in [-0.2, 0) is 11.0 Å². The number of aliphatic hydroxyl groups excluding tert-OH is 1. The zero-order valence-corrected chi connectivity index (χ0v) is 17.4. The molecule has 0 saturated carbocycles. The number of carbonyl (C=O) groups is 2. The van der Waals surface area contributed by atoms with Gasteiger partial charge in [-0.25, -0.2) is 4.39 Å². The summed E-state index contributed by atoms with van der Waals surface area (Å²) in [6.07, 6.45) is -6.15. The van der Waals surface area contributed by atoms with E-state index in [0.29, 0.717) is 10.7 Å².